The van der Waals surface area contributed by atoms with Gasteiger partial charge in [-0.3, -0.25) is 15.6 Å². The van der Waals surface area contributed by atoms with Crippen LogP contribution in [0.2, 0.25) is 0 Å². The molecule has 2 aromatic rings. The summed E-state index contributed by atoms with van der Waals surface area (Å²) in [5, 5.41) is 3.29. The standard InChI is InChI=1S/C16H17BrN4OS/c1-21(2)14-9-3-11(4-10-14)15(22)19-20-16(23)18-13-7-5-12(17)6-8-13/h3-10H,1-2H3,(H,19,22)(H2,18,20,23). The summed E-state index contributed by atoms with van der Waals surface area (Å²) in [5.74, 6) is -0.254. The highest BCUT2D eigenvalue weighted by Crippen LogP contribution is 2.14. The minimum atomic E-state index is -0.254. The maximum absolute atomic E-state index is 12.0. The van der Waals surface area contributed by atoms with E-state index < -0.39 is 0 Å². The third-order valence-electron chi connectivity index (χ3n) is 3.04. The van der Waals surface area contributed by atoms with Crippen molar-refractivity contribution < 1.29 is 4.79 Å². The lowest BCUT2D eigenvalue weighted by atomic mass is 10.2. The predicted octanol–water partition coefficient (Wildman–Crippen LogP) is 3.15. The van der Waals surface area contributed by atoms with Crippen molar-refractivity contribution in [2.24, 2.45) is 0 Å². The van der Waals surface area contributed by atoms with Gasteiger partial charge in [-0.1, -0.05) is 15.9 Å². The number of hydrazine groups is 1. The monoisotopic (exact) mass is 392 g/mol. The Kier molecular flexibility index (Phi) is 5.95. The van der Waals surface area contributed by atoms with Crippen molar-refractivity contribution in [2.45, 2.75) is 0 Å². The van der Waals surface area contributed by atoms with Crippen LogP contribution < -0.4 is 21.1 Å². The topological polar surface area (TPSA) is 56.4 Å². The lowest BCUT2D eigenvalue weighted by Gasteiger charge is -2.14. The molecule has 0 radical (unpaired) electrons. The van der Waals surface area contributed by atoms with E-state index in [2.05, 4.69) is 32.1 Å². The van der Waals surface area contributed by atoms with Crippen molar-refractivity contribution in [2.75, 3.05) is 24.3 Å². The van der Waals surface area contributed by atoms with Crippen molar-refractivity contribution in [3.05, 3.63) is 58.6 Å². The Morgan fingerprint density at radius 1 is 1.00 bits per heavy atom. The molecule has 120 valence electrons. The van der Waals surface area contributed by atoms with Gasteiger partial charge in [-0.2, -0.15) is 0 Å². The van der Waals surface area contributed by atoms with Gasteiger partial charge in [0.15, 0.2) is 5.11 Å². The van der Waals surface area contributed by atoms with Gasteiger partial charge in [0.1, 0.15) is 0 Å². The maximum atomic E-state index is 12.0. The van der Waals surface area contributed by atoms with E-state index in [0.717, 1.165) is 15.8 Å². The molecule has 0 saturated carbocycles. The van der Waals surface area contributed by atoms with Gasteiger partial charge in [0.2, 0.25) is 0 Å². The molecule has 5 nitrogen and oxygen atoms in total. The fourth-order valence-electron chi connectivity index (χ4n) is 1.79. The van der Waals surface area contributed by atoms with Crippen molar-refractivity contribution in [3.8, 4) is 0 Å². The summed E-state index contributed by atoms with van der Waals surface area (Å²) in [6.07, 6.45) is 0. The number of carbonyl (C=O) groups excluding carboxylic acids is 1. The highest BCUT2D eigenvalue weighted by Gasteiger charge is 2.06. The van der Waals surface area contributed by atoms with E-state index in [-0.39, 0.29) is 5.91 Å². The van der Waals surface area contributed by atoms with Gasteiger partial charge >= 0.3 is 0 Å². The lowest BCUT2D eigenvalue weighted by Crippen LogP contribution is -2.43. The van der Waals surface area contributed by atoms with E-state index >= 15 is 0 Å². The Hall–Kier alpha value is -2.12. The molecule has 7 heteroatoms. The largest absolute Gasteiger partial charge is 0.378 e. The zero-order valence-electron chi connectivity index (χ0n) is 12.8. The summed E-state index contributed by atoms with van der Waals surface area (Å²) in [4.78, 5) is 14.0. The number of thiocarbonyl (C=S) groups is 1. The van der Waals surface area contributed by atoms with Crippen molar-refractivity contribution in [3.63, 3.8) is 0 Å². The van der Waals surface area contributed by atoms with Crippen LogP contribution in [0.1, 0.15) is 10.4 Å². The van der Waals surface area contributed by atoms with E-state index in [1.165, 1.54) is 0 Å². The molecular formula is C16H17BrN4OS. The Bertz CT molecular complexity index is 686. The zero-order chi connectivity index (χ0) is 16.8. The summed E-state index contributed by atoms with van der Waals surface area (Å²) in [5.41, 5.74) is 7.65. The van der Waals surface area contributed by atoms with E-state index in [1.807, 2.05) is 55.4 Å². The molecule has 0 aliphatic rings. The third kappa shape index (κ3) is 5.22. The molecule has 0 aliphatic heterocycles. The number of halogens is 1. The zero-order valence-corrected chi connectivity index (χ0v) is 15.2. The minimum absolute atomic E-state index is 0.254. The van der Waals surface area contributed by atoms with Crippen LogP contribution in [0, 0.1) is 0 Å². The van der Waals surface area contributed by atoms with Crippen molar-refractivity contribution in [1.29, 1.82) is 0 Å². The second-order valence-electron chi connectivity index (χ2n) is 4.98. The Labute approximate surface area is 149 Å². The molecule has 0 unspecified atom stereocenters. The molecule has 3 N–H and O–H groups in total. The second kappa shape index (κ2) is 7.94. The molecule has 0 bridgehead atoms. The van der Waals surface area contributed by atoms with E-state index in [9.17, 15) is 4.79 Å². The highest BCUT2D eigenvalue weighted by atomic mass is 79.9. The summed E-state index contributed by atoms with van der Waals surface area (Å²) >= 11 is 8.50. The van der Waals surface area contributed by atoms with Gasteiger partial charge in [0, 0.05) is 35.5 Å². The van der Waals surface area contributed by atoms with Crippen LogP contribution in [0.5, 0.6) is 0 Å². The van der Waals surface area contributed by atoms with E-state index in [1.54, 1.807) is 12.1 Å². The number of amides is 1. The number of anilines is 2. The van der Waals surface area contributed by atoms with E-state index in [4.69, 9.17) is 12.2 Å². The number of carbonyl (C=O) groups is 1. The first-order valence-corrected chi connectivity index (χ1v) is 8.06. The molecule has 0 aliphatic carbocycles. The first-order valence-electron chi connectivity index (χ1n) is 6.86. The average molecular weight is 393 g/mol. The second-order valence-corrected chi connectivity index (χ2v) is 6.31. The number of nitrogens with one attached hydrogen (secondary N) is 3. The molecular weight excluding hydrogens is 376 g/mol. The fourth-order valence-corrected chi connectivity index (χ4v) is 2.23. The molecule has 0 saturated heterocycles. The molecule has 0 fully saturated rings. The minimum Gasteiger partial charge on any atom is -0.378 e. The van der Waals surface area contributed by atoms with Crippen LogP contribution in [0.4, 0.5) is 11.4 Å². The smallest absolute Gasteiger partial charge is 0.269 e. The SMILES string of the molecule is CN(C)c1ccc(C(=O)NNC(=S)Nc2ccc(Br)cc2)cc1. The fraction of sp³-hybridized carbons (Fsp3) is 0.125. The van der Waals surface area contributed by atoms with Gasteiger partial charge in [-0.15, -0.1) is 0 Å². The Balaban J connectivity index is 1.85. The number of hydrogen-bond acceptors (Lipinski definition) is 3. The first kappa shape index (κ1) is 17.2. The Morgan fingerprint density at radius 2 is 1.61 bits per heavy atom. The third-order valence-corrected chi connectivity index (χ3v) is 3.77. The molecule has 0 aromatic heterocycles. The van der Waals surface area contributed by atoms with Crippen molar-refractivity contribution >= 4 is 50.5 Å². The predicted molar refractivity (Wildman–Crippen MR) is 102 cm³/mol. The number of rotatable bonds is 3. The number of hydrogen-bond donors (Lipinski definition) is 3. The summed E-state index contributed by atoms with van der Waals surface area (Å²) < 4.78 is 0.983. The van der Waals surface area contributed by atoms with E-state index in [0.29, 0.717) is 10.7 Å². The van der Waals surface area contributed by atoms with Crippen molar-refractivity contribution in [1.82, 2.24) is 10.9 Å². The maximum Gasteiger partial charge on any atom is 0.269 e. The van der Waals surface area contributed by atoms with Gasteiger partial charge in [-0.25, -0.2) is 0 Å². The van der Waals surface area contributed by atoms with Gasteiger partial charge in [-0.05, 0) is 60.7 Å². The molecule has 23 heavy (non-hydrogen) atoms. The number of benzene rings is 2. The summed E-state index contributed by atoms with van der Waals surface area (Å²) in [6, 6.07) is 14.8. The lowest BCUT2D eigenvalue weighted by molar-refractivity contribution is 0.0944. The van der Waals surface area contributed by atoms with Crippen LogP contribution in [0.3, 0.4) is 0 Å². The van der Waals surface area contributed by atoms with Crippen LogP contribution in [-0.2, 0) is 0 Å². The molecule has 2 rings (SSSR count). The molecule has 1 amide bonds. The summed E-state index contributed by atoms with van der Waals surface area (Å²) in [6.45, 7) is 0. The van der Waals surface area contributed by atoms with Gasteiger partial charge < -0.3 is 10.2 Å². The van der Waals surface area contributed by atoms with Crippen LogP contribution >= 0.6 is 28.1 Å². The van der Waals surface area contributed by atoms with Crippen LogP contribution in [-0.4, -0.2) is 25.1 Å². The highest BCUT2D eigenvalue weighted by molar-refractivity contribution is 9.10. The molecule has 0 atom stereocenters. The van der Waals surface area contributed by atoms with Crippen LogP contribution in [0.25, 0.3) is 0 Å². The number of nitrogens with zero attached hydrogens (tertiary/aromatic N) is 1. The first-order chi connectivity index (χ1) is 11.0. The molecule has 0 heterocycles. The normalized spacial score (nSPS) is 9.87. The van der Waals surface area contributed by atoms with Gasteiger partial charge in [0.25, 0.3) is 5.91 Å². The Morgan fingerprint density at radius 3 is 2.17 bits per heavy atom. The summed E-state index contributed by atoms with van der Waals surface area (Å²) in [7, 11) is 3.89. The quantitative estimate of drug-likeness (QED) is 0.553. The molecule has 0 spiro atoms. The average Bonchev–Trinajstić information content (AvgIpc) is 2.55. The van der Waals surface area contributed by atoms with Crippen LogP contribution in [0.15, 0.2) is 53.0 Å². The molecule has 2 aromatic carbocycles. The van der Waals surface area contributed by atoms with Gasteiger partial charge in [0.05, 0.1) is 0 Å².